The van der Waals surface area contributed by atoms with Gasteiger partial charge in [-0.2, -0.15) is 13.2 Å². The second kappa shape index (κ2) is 10.9. The summed E-state index contributed by atoms with van der Waals surface area (Å²) in [5.41, 5.74) is 2.80. The van der Waals surface area contributed by atoms with Crippen molar-refractivity contribution in [2.24, 2.45) is 0 Å². The lowest BCUT2D eigenvalue weighted by molar-refractivity contribution is -0.142. The predicted molar refractivity (Wildman–Crippen MR) is 115 cm³/mol. The highest BCUT2D eigenvalue weighted by molar-refractivity contribution is 5.74. The maximum absolute atomic E-state index is 13.3. The number of aromatic nitrogens is 2. The minimum atomic E-state index is -4.44. The van der Waals surface area contributed by atoms with E-state index >= 15 is 0 Å². The number of rotatable bonds is 9. The summed E-state index contributed by atoms with van der Waals surface area (Å²) in [7, 11) is 0. The van der Waals surface area contributed by atoms with Crippen LogP contribution in [0.1, 0.15) is 29.2 Å². The number of hydrogen-bond acceptors (Lipinski definition) is 5. The zero-order valence-electron chi connectivity index (χ0n) is 17.7. The first-order valence-electron chi connectivity index (χ1n) is 10.3. The second-order valence-electron chi connectivity index (χ2n) is 7.22. The minimum Gasteiger partial charge on any atom is -0.466 e. The van der Waals surface area contributed by atoms with E-state index in [-0.39, 0.29) is 25.5 Å². The summed E-state index contributed by atoms with van der Waals surface area (Å²) in [6.45, 7) is 2.86. The first-order valence-corrected chi connectivity index (χ1v) is 10.3. The fraction of sp³-hybridized carbons (Fsp3) is 0.292. The Bertz CT molecular complexity index is 1040. The Morgan fingerprint density at radius 1 is 1.03 bits per heavy atom. The molecule has 0 aliphatic carbocycles. The quantitative estimate of drug-likeness (QED) is 0.387. The van der Waals surface area contributed by atoms with E-state index in [9.17, 15) is 18.0 Å². The van der Waals surface area contributed by atoms with Gasteiger partial charge in [0.15, 0.2) is 0 Å². The average Bonchev–Trinajstić information content (AvgIpc) is 2.77. The van der Waals surface area contributed by atoms with E-state index in [0.717, 1.165) is 24.1 Å². The van der Waals surface area contributed by atoms with E-state index in [2.05, 4.69) is 15.3 Å². The minimum absolute atomic E-state index is 0.0504. The van der Waals surface area contributed by atoms with Gasteiger partial charge in [0.2, 0.25) is 0 Å². The van der Waals surface area contributed by atoms with E-state index in [4.69, 9.17) is 4.74 Å². The molecule has 0 bridgehead atoms. The molecule has 3 aromatic rings. The van der Waals surface area contributed by atoms with Crippen LogP contribution < -0.4 is 5.32 Å². The van der Waals surface area contributed by atoms with Gasteiger partial charge < -0.3 is 10.1 Å². The molecule has 0 aliphatic rings. The Kier molecular flexibility index (Phi) is 7.94. The van der Waals surface area contributed by atoms with Gasteiger partial charge in [-0.1, -0.05) is 6.07 Å². The molecule has 0 saturated carbocycles. The number of nitrogens with zero attached hydrogens (tertiary/aromatic N) is 2. The Morgan fingerprint density at radius 2 is 1.81 bits per heavy atom. The fourth-order valence-electron chi connectivity index (χ4n) is 3.31. The molecule has 0 unspecified atom stereocenters. The van der Waals surface area contributed by atoms with Gasteiger partial charge in [-0.25, -0.2) is 0 Å². The summed E-state index contributed by atoms with van der Waals surface area (Å²) < 4.78 is 44.9. The third-order valence-electron chi connectivity index (χ3n) is 4.85. The van der Waals surface area contributed by atoms with Crippen molar-refractivity contribution in [3.8, 4) is 11.1 Å². The van der Waals surface area contributed by atoms with Crippen molar-refractivity contribution in [3.63, 3.8) is 0 Å². The molecule has 0 saturated heterocycles. The number of hydrogen-bond donors (Lipinski definition) is 1. The number of carbonyl (C=O) groups excluding carboxylic acids is 1. The number of esters is 1. The topological polar surface area (TPSA) is 64.1 Å². The molecule has 5 nitrogen and oxygen atoms in total. The van der Waals surface area contributed by atoms with Crippen LogP contribution in [0.5, 0.6) is 0 Å². The molecular formula is C24H24F3N3O2. The molecule has 0 amide bonds. The van der Waals surface area contributed by atoms with Gasteiger partial charge in [0.25, 0.3) is 0 Å². The number of carbonyl (C=O) groups is 1. The van der Waals surface area contributed by atoms with E-state index in [1.165, 1.54) is 6.07 Å². The number of pyridine rings is 2. The van der Waals surface area contributed by atoms with Gasteiger partial charge in [-0.05, 0) is 72.5 Å². The van der Waals surface area contributed by atoms with Crippen molar-refractivity contribution in [1.82, 2.24) is 15.3 Å². The number of benzene rings is 1. The Morgan fingerprint density at radius 3 is 2.53 bits per heavy atom. The predicted octanol–water partition coefficient (Wildman–Crippen LogP) is 4.60. The molecule has 168 valence electrons. The molecule has 8 heteroatoms. The van der Waals surface area contributed by atoms with Crippen molar-refractivity contribution in [2.45, 2.75) is 32.5 Å². The van der Waals surface area contributed by atoms with Crippen molar-refractivity contribution < 1.29 is 22.7 Å². The lowest BCUT2D eigenvalue weighted by atomic mass is 9.97. The maximum atomic E-state index is 13.3. The van der Waals surface area contributed by atoms with Crippen LogP contribution in [0.15, 0.2) is 61.2 Å². The van der Waals surface area contributed by atoms with Crippen LogP contribution in [0.2, 0.25) is 0 Å². The van der Waals surface area contributed by atoms with Gasteiger partial charge in [0, 0.05) is 36.9 Å². The molecule has 1 aromatic carbocycles. The average molecular weight is 443 g/mol. The number of ether oxygens (including phenoxy) is 1. The molecule has 32 heavy (non-hydrogen) atoms. The molecule has 0 spiro atoms. The van der Waals surface area contributed by atoms with Crippen molar-refractivity contribution in [1.29, 1.82) is 0 Å². The fourth-order valence-corrected chi connectivity index (χ4v) is 3.31. The van der Waals surface area contributed by atoms with Gasteiger partial charge in [0.1, 0.15) is 0 Å². The van der Waals surface area contributed by atoms with Crippen LogP contribution >= 0.6 is 0 Å². The Balaban J connectivity index is 1.81. The lowest BCUT2D eigenvalue weighted by Gasteiger charge is -2.15. The van der Waals surface area contributed by atoms with E-state index < -0.39 is 11.7 Å². The van der Waals surface area contributed by atoms with Crippen LogP contribution in [0, 0.1) is 0 Å². The summed E-state index contributed by atoms with van der Waals surface area (Å²) in [6, 6.07) is 9.23. The normalized spacial score (nSPS) is 11.4. The maximum Gasteiger partial charge on any atom is 0.416 e. The summed E-state index contributed by atoms with van der Waals surface area (Å²) in [5.74, 6) is -0.378. The van der Waals surface area contributed by atoms with Crippen molar-refractivity contribution in [3.05, 3.63) is 83.4 Å². The second-order valence-corrected chi connectivity index (χ2v) is 7.22. The van der Waals surface area contributed by atoms with Crippen molar-refractivity contribution in [2.75, 3.05) is 13.2 Å². The lowest BCUT2D eigenvalue weighted by Crippen LogP contribution is -2.18. The Hall–Kier alpha value is -3.26. The summed E-state index contributed by atoms with van der Waals surface area (Å²) in [4.78, 5) is 19.9. The molecule has 0 radical (unpaired) electrons. The third kappa shape index (κ3) is 6.62. The smallest absolute Gasteiger partial charge is 0.416 e. The third-order valence-corrected chi connectivity index (χ3v) is 4.85. The molecule has 0 aliphatic heterocycles. The highest BCUT2D eigenvalue weighted by Crippen LogP contribution is 2.33. The van der Waals surface area contributed by atoms with Gasteiger partial charge in [-0.3, -0.25) is 14.8 Å². The SMILES string of the molecule is CCOC(=O)Cc1cncc(-c2ccc(C(F)(F)F)cc2CNCCc2ccncc2)c1. The molecule has 2 heterocycles. The van der Waals surface area contributed by atoms with E-state index in [1.807, 2.05) is 12.1 Å². The summed E-state index contributed by atoms with van der Waals surface area (Å²) >= 11 is 0. The summed E-state index contributed by atoms with van der Waals surface area (Å²) in [6.07, 6.45) is 2.89. The van der Waals surface area contributed by atoms with Crippen molar-refractivity contribution >= 4 is 5.97 Å². The molecule has 3 rings (SSSR count). The van der Waals surface area contributed by atoms with Gasteiger partial charge >= 0.3 is 12.1 Å². The van der Waals surface area contributed by atoms with Crippen LogP contribution in [-0.4, -0.2) is 29.1 Å². The number of alkyl halides is 3. The van der Waals surface area contributed by atoms with Crippen LogP contribution in [-0.2, 0) is 35.1 Å². The van der Waals surface area contributed by atoms with E-state index in [0.29, 0.717) is 28.8 Å². The van der Waals surface area contributed by atoms with Crippen LogP contribution in [0.3, 0.4) is 0 Å². The van der Waals surface area contributed by atoms with Gasteiger partial charge in [0.05, 0.1) is 18.6 Å². The van der Waals surface area contributed by atoms with Crippen LogP contribution in [0.4, 0.5) is 13.2 Å². The highest BCUT2D eigenvalue weighted by Gasteiger charge is 2.31. The molecule has 1 N–H and O–H groups in total. The molecule has 0 fully saturated rings. The standard InChI is InChI=1S/C24H24F3N3O2/c1-2-32-23(31)12-18-11-19(16-30-14-18)22-4-3-21(24(25,26)27)13-20(22)15-29-10-7-17-5-8-28-9-6-17/h3-6,8-9,11,13-14,16,29H,2,7,10,12,15H2,1H3. The van der Waals surface area contributed by atoms with E-state index in [1.54, 1.807) is 37.8 Å². The summed E-state index contributed by atoms with van der Waals surface area (Å²) in [5, 5.41) is 3.22. The molecule has 0 atom stereocenters. The Labute approximate surface area is 184 Å². The molecular weight excluding hydrogens is 419 g/mol. The first kappa shape index (κ1) is 23.4. The largest absolute Gasteiger partial charge is 0.466 e. The molecule has 2 aromatic heterocycles. The van der Waals surface area contributed by atoms with Crippen LogP contribution in [0.25, 0.3) is 11.1 Å². The zero-order chi connectivity index (χ0) is 23.0. The zero-order valence-corrected chi connectivity index (χ0v) is 17.7. The first-order chi connectivity index (χ1) is 15.4. The highest BCUT2D eigenvalue weighted by atomic mass is 19.4. The number of nitrogens with one attached hydrogen (secondary N) is 1. The monoisotopic (exact) mass is 443 g/mol. The number of halogens is 3. The van der Waals surface area contributed by atoms with Gasteiger partial charge in [-0.15, -0.1) is 0 Å².